The highest BCUT2D eigenvalue weighted by Crippen LogP contribution is 2.16. The standard InChI is InChI=1S/C16H25N7S.HI/c1-5-13-21-14-7-6-12(9-23(14)22-13)20-16(17-4)18-8-15-19-10(2)11(3)24-15;/h12H,5-9H2,1-4H3,(H2,17,18,20);1H. The predicted molar refractivity (Wildman–Crippen MR) is 112 cm³/mol. The monoisotopic (exact) mass is 475 g/mol. The Morgan fingerprint density at radius 1 is 1.36 bits per heavy atom. The second kappa shape index (κ2) is 8.93. The maximum absolute atomic E-state index is 4.56. The van der Waals surface area contributed by atoms with Crippen LogP contribution in [0.2, 0.25) is 0 Å². The van der Waals surface area contributed by atoms with Crippen molar-refractivity contribution in [3.63, 3.8) is 0 Å². The van der Waals surface area contributed by atoms with Gasteiger partial charge in [0, 0.05) is 30.8 Å². The summed E-state index contributed by atoms with van der Waals surface area (Å²) in [4.78, 5) is 14.7. The minimum atomic E-state index is 0. The van der Waals surface area contributed by atoms with Gasteiger partial charge in [-0.15, -0.1) is 35.3 Å². The minimum Gasteiger partial charge on any atom is -0.352 e. The molecule has 2 N–H and O–H groups in total. The molecular formula is C16H26IN7S. The topological polar surface area (TPSA) is 80.0 Å². The first kappa shape index (κ1) is 20.1. The Labute approximate surface area is 169 Å². The number of hydrogen-bond acceptors (Lipinski definition) is 5. The first-order valence-corrected chi connectivity index (χ1v) is 9.23. The van der Waals surface area contributed by atoms with Crippen molar-refractivity contribution < 1.29 is 0 Å². The van der Waals surface area contributed by atoms with E-state index in [1.54, 1.807) is 18.4 Å². The summed E-state index contributed by atoms with van der Waals surface area (Å²) in [6.07, 6.45) is 2.87. The van der Waals surface area contributed by atoms with Gasteiger partial charge in [-0.2, -0.15) is 5.10 Å². The van der Waals surface area contributed by atoms with Gasteiger partial charge in [-0.3, -0.25) is 4.99 Å². The Morgan fingerprint density at radius 2 is 2.16 bits per heavy atom. The number of guanidine groups is 1. The van der Waals surface area contributed by atoms with Crippen LogP contribution in [-0.2, 0) is 25.9 Å². The Bertz CT molecular complexity index is 717. The average Bonchev–Trinajstić information content (AvgIpc) is 3.13. The number of aromatic nitrogens is 4. The second-order valence-electron chi connectivity index (χ2n) is 6.03. The molecule has 0 radical (unpaired) electrons. The molecule has 138 valence electrons. The highest BCUT2D eigenvalue weighted by molar-refractivity contribution is 14.0. The van der Waals surface area contributed by atoms with Crippen LogP contribution >= 0.6 is 35.3 Å². The van der Waals surface area contributed by atoms with E-state index < -0.39 is 0 Å². The first-order chi connectivity index (χ1) is 11.6. The first-order valence-electron chi connectivity index (χ1n) is 8.41. The number of rotatable bonds is 4. The van der Waals surface area contributed by atoms with Crippen molar-refractivity contribution in [1.29, 1.82) is 0 Å². The van der Waals surface area contributed by atoms with Gasteiger partial charge in [0.25, 0.3) is 0 Å². The van der Waals surface area contributed by atoms with E-state index in [9.17, 15) is 0 Å². The summed E-state index contributed by atoms with van der Waals surface area (Å²) < 4.78 is 2.03. The van der Waals surface area contributed by atoms with Crippen molar-refractivity contribution in [2.24, 2.45) is 4.99 Å². The minimum absolute atomic E-state index is 0. The lowest BCUT2D eigenvalue weighted by Gasteiger charge is -2.25. The molecule has 0 spiro atoms. The largest absolute Gasteiger partial charge is 0.352 e. The summed E-state index contributed by atoms with van der Waals surface area (Å²) in [5.41, 5.74) is 1.11. The summed E-state index contributed by atoms with van der Waals surface area (Å²) >= 11 is 1.73. The van der Waals surface area contributed by atoms with Gasteiger partial charge in [0.05, 0.1) is 18.8 Å². The fourth-order valence-electron chi connectivity index (χ4n) is 2.79. The number of nitrogens with one attached hydrogen (secondary N) is 2. The molecule has 0 saturated heterocycles. The molecule has 25 heavy (non-hydrogen) atoms. The van der Waals surface area contributed by atoms with Crippen LogP contribution in [-0.4, -0.2) is 38.8 Å². The highest BCUT2D eigenvalue weighted by atomic mass is 127. The molecule has 0 fully saturated rings. The van der Waals surface area contributed by atoms with E-state index in [0.29, 0.717) is 12.6 Å². The molecule has 1 aliphatic heterocycles. The molecule has 0 amide bonds. The highest BCUT2D eigenvalue weighted by Gasteiger charge is 2.22. The van der Waals surface area contributed by atoms with E-state index in [-0.39, 0.29) is 24.0 Å². The maximum atomic E-state index is 4.56. The third-order valence-electron chi connectivity index (χ3n) is 4.26. The van der Waals surface area contributed by atoms with Crippen LogP contribution in [0.25, 0.3) is 0 Å². The third-order valence-corrected chi connectivity index (χ3v) is 5.34. The second-order valence-corrected chi connectivity index (χ2v) is 7.32. The van der Waals surface area contributed by atoms with E-state index >= 15 is 0 Å². The Hall–Kier alpha value is -1.23. The number of aliphatic imine (C=N–C) groups is 1. The molecule has 0 bridgehead atoms. The molecule has 0 aliphatic carbocycles. The zero-order valence-electron chi connectivity index (χ0n) is 15.2. The van der Waals surface area contributed by atoms with Crippen LogP contribution in [0.1, 0.15) is 40.6 Å². The van der Waals surface area contributed by atoms with Crippen molar-refractivity contribution in [2.75, 3.05) is 7.05 Å². The third kappa shape index (κ3) is 4.90. The molecule has 3 rings (SSSR count). The van der Waals surface area contributed by atoms with Crippen molar-refractivity contribution in [1.82, 2.24) is 30.4 Å². The summed E-state index contributed by atoms with van der Waals surface area (Å²) in [5.74, 6) is 2.84. The molecule has 2 aromatic heterocycles. The Kier molecular flexibility index (Phi) is 7.17. The lowest BCUT2D eigenvalue weighted by atomic mass is 10.1. The molecule has 0 saturated carbocycles. The van der Waals surface area contributed by atoms with E-state index in [1.807, 2.05) is 11.6 Å². The summed E-state index contributed by atoms with van der Waals surface area (Å²) in [5, 5.41) is 12.5. The zero-order valence-corrected chi connectivity index (χ0v) is 18.3. The molecule has 0 aromatic carbocycles. The quantitative estimate of drug-likeness (QED) is 0.403. The fourth-order valence-corrected chi connectivity index (χ4v) is 3.66. The van der Waals surface area contributed by atoms with E-state index in [0.717, 1.165) is 54.1 Å². The zero-order chi connectivity index (χ0) is 17.1. The van der Waals surface area contributed by atoms with Gasteiger partial charge < -0.3 is 10.6 Å². The summed E-state index contributed by atoms with van der Waals surface area (Å²) in [7, 11) is 1.80. The number of nitrogens with zero attached hydrogens (tertiary/aromatic N) is 5. The molecule has 2 aromatic rings. The van der Waals surface area contributed by atoms with Crippen molar-refractivity contribution in [2.45, 2.75) is 59.2 Å². The summed E-state index contributed by atoms with van der Waals surface area (Å²) in [6, 6.07) is 0.315. The van der Waals surface area contributed by atoms with Gasteiger partial charge >= 0.3 is 0 Å². The van der Waals surface area contributed by atoms with Crippen LogP contribution < -0.4 is 10.6 Å². The van der Waals surface area contributed by atoms with Gasteiger partial charge in [0.15, 0.2) is 11.8 Å². The van der Waals surface area contributed by atoms with E-state index in [4.69, 9.17) is 0 Å². The number of halogens is 1. The molecule has 1 atom stereocenters. The number of fused-ring (bicyclic) bond motifs is 1. The van der Waals surface area contributed by atoms with Crippen molar-refractivity contribution >= 4 is 41.3 Å². The molecule has 1 unspecified atom stereocenters. The van der Waals surface area contributed by atoms with Crippen LogP contribution in [0, 0.1) is 13.8 Å². The van der Waals surface area contributed by atoms with Crippen LogP contribution in [0.15, 0.2) is 4.99 Å². The summed E-state index contributed by atoms with van der Waals surface area (Å²) in [6.45, 7) is 7.76. The predicted octanol–water partition coefficient (Wildman–Crippen LogP) is 2.21. The van der Waals surface area contributed by atoms with Crippen molar-refractivity contribution in [3.05, 3.63) is 27.2 Å². The van der Waals surface area contributed by atoms with Gasteiger partial charge in [0.2, 0.25) is 0 Å². The van der Waals surface area contributed by atoms with Crippen LogP contribution in [0.4, 0.5) is 0 Å². The number of hydrogen-bond donors (Lipinski definition) is 2. The molecule has 9 heteroatoms. The van der Waals surface area contributed by atoms with Gasteiger partial charge in [0.1, 0.15) is 10.8 Å². The molecular weight excluding hydrogens is 449 g/mol. The number of thiazole rings is 1. The van der Waals surface area contributed by atoms with Crippen LogP contribution in [0.3, 0.4) is 0 Å². The Morgan fingerprint density at radius 3 is 2.80 bits per heavy atom. The van der Waals surface area contributed by atoms with E-state index in [1.165, 1.54) is 4.88 Å². The van der Waals surface area contributed by atoms with Gasteiger partial charge in [-0.25, -0.2) is 14.6 Å². The smallest absolute Gasteiger partial charge is 0.191 e. The lowest BCUT2D eigenvalue weighted by molar-refractivity contribution is 0.392. The average molecular weight is 475 g/mol. The molecule has 3 heterocycles. The molecule has 1 aliphatic rings. The normalized spacial score (nSPS) is 17.0. The van der Waals surface area contributed by atoms with Crippen LogP contribution in [0.5, 0.6) is 0 Å². The van der Waals surface area contributed by atoms with E-state index in [2.05, 4.69) is 44.5 Å². The number of aryl methyl sites for hydroxylation is 4. The SMILES string of the molecule is CCc1nc2n(n1)CC(NC(=NC)NCc1nc(C)c(C)s1)CC2.I. The van der Waals surface area contributed by atoms with Gasteiger partial charge in [-0.1, -0.05) is 6.92 Å². The lowest BCUT2D eigenvalue weighted by Crippen LogP contribution is -2.46. The van der Waals surface area contributed by atoms with Crippen molar-refractivity contribution in [3.8, 4) is 0 Å². The molecule has 7 nitrogen and oxygen atoms in total. The fraction of sp³-hybridized carbons (Fsp3) is 0.625. The van der Waals surface area contributed by atoms with Gasteiger partial charge in [-0.05, 0) is 20.3 Å². The maximum Gasteiger partial charge on any atom is 0.191 e. The Balaban J connectivity index is 0.00000225.